The van der Waals surface area contributed by atoms with Crippen molar-refractivity contribution in [2.75, 3.05) is 43.4 Å². The number of hydrogen-bond acceptors (Lipinski definition) is 7. The molecule has 0 aliphatic carbocycles. The van der Waals surface area contributed by atoms with E-state index in [1.165, 1.54) is 10.6 Å². The third-order valence-electron chi connectivity index (χ3n) is 6.04. The van der Waals surface area contributed by atoms with Crippen LogP contribution in [0, 0.1) is 0 Å². The van der Waals surface area contributed by atoms with Crippen molar-refractivity contribution in [2.45, 2.75) is 12.5 Å². The molecule has 0 bridgehead atoms. The van der Waals surface area contributed by atoms with Gasteiger partial charge in [-0.25, -0.2) is 8.42 Å². The van der Waals surface area contributed by atoms with E-state index in [0.717, 1.165) is 21.9 Å². The predicted molar refractivity (Wildman–Crippen MR) is 136 cm³/mol. The summed E-state index contributed by atoms with van der Waals surface area (Å²) in [5, 5.41) is 16.0. The minimum Gasteiger partial charge on any atom is -0.492 e. The van der Waals surface area contributed by atoms with Crippen LogP contribution in [0.5, 0.6) is 11.5 Å². The van der Waals surface area contributed by atoms with Gasteiger partial charge in [-0.05, 0) is 35.9 Å². The molecule has 9 heteroatoms. The Morgan fingerprint density at radius 2 is 1.91 bits per heavy atom. The highest BCUT2D eigenvalue weighted by Crippen LogP contribution is 2.35. The van der Waals surface area contributed by atoms with Crippen LogP contribution >= 0.6 is 0 Å². The van der Waals surface area contributed by atoms with E-state index in [9.17, 15) is 13.5 Å². The Balaban J connectivity index is 1.17. The van der Waals surface area contributed by atoms with E-state index in [1.54, 1.807) is 18.2 Å². The number of ether oxygens (including phenoxy) is 2. The Hall–Kier alpha value is -3.27. The molecule has 3 aromatic carbocycles. The number of aliphatic hydroxyl groups excluding tert-OH is 1. The Bertz CT molecular complexity index is 1450. The van der Waals surface area contributed by atoms with Gasteiger partial charge in [0.05, 0.1) is 24.7 Å². The Morgan fingerprint density at radius 1 is 1.09 bits per heavy atom. The predicted octanol–water partition coefficient (Wildman–Crippen LogP) is 3.84. The summed E-state index contributed by atoms with van der Waals surface area (Å²) < 4.78 is 43.2. The zero-order valence-electron chi connectivity index (χ0n) is 19.4. The number of nitrogens with zero attached hydrogens (tertiary/aromatic N) is 1. The van der Waals surface area contributed by atoms with Crippen LogP contribution in [0.2, 0.25) is 0 Å². The molecule has 4 aromatic rings. The van der Waals surface area contributed by atoms with Crippen LogP contribution in [-0.4, -0.2) is 52.6 Å². The zero-order valence-corrected chi connectivity index (χ0v) is 20.3. The van der Waals surface area contributed by atoms with Crippen molar-refractivity contribution >= 4 is 37.6 Å². The minimum atomic E-state index is -3.44. The van der Waals surface area contributed by atoms with Crippen molar-refractivity contribution in [3.63, 3.8) is 0 Å². The number of benzene rings is 3. The molecule has 0 amide bonds. The van der Waals surface area contributed by atoms with Gasteiger partial charge in [-0.3, -0.25) is 4.31 Å². The van der Waals surface area contributed by atoms with Gasteiger partial charge in [0.25, 0.3) is 0 Å². The molecule has 1 aliphatic heterocycles. The Labute approximate surface area is 204 Å². The van der Waals surface area contributed by atoms with Crippen molar-refractivity contribution in [1.82, 2.24) is 5.32 Å². The molecular formula is C26H28N2O6S. The SMILES string of the molecule is CS(=O)(=O)N1CCCOc2ccc([C@@H](O)CNCCOc3ccc4c(c3)oc3ccccc34)cc21. The summed E-state index contributed by atoms with van der Waals surface area (Å²) in [4.78, 5) is 0. The number of hydrogen-bond donors (Lipinski definition) is 2. The summed E-state index contributed by atoms with van der Waals surface area (Å²) in [6.07, 6.45) is 0.972. The summed E-state index contributed by atoms with van der Waals surface area (Å²) in [7, 11) is -3.44. The highest BCUT2D eigenvalue weighted by atomic mass is 32.2. The number of para-hydroxylation sites is 1. The lowest BCUT2D eigenvalue weighted by atomic mass is 10.1. The van der Waals surface area contributed by atoms with Crippen molar-refractivity contribution < 1.29 is 27.4 Å². The molecule has 1 aliphatic rings. The van der Waals surface area contributed by atoms with Gasteiger partial charge in [-0.15, -0.1) is 0 Å². The number of aliphatic hydroxyl groups is 1. The average Bonchev–Trinajstić information content (AvgIpc) is 3.05. The second kappa shape index (κ2) is 9.77. The summed E-state index contributed by atoms with van der Waals surface area (Å²) in [6.45, 7) is 2.04. The second-order valence-electron chi connectivity index (χ2n) is 8.59. The van der Waals surface area contributed by atoms with Crippen molar-refractivity contribution in [2.24, 2.45) is 0 Å². The van der Waals surface area contributed by atoms with Gasteiger partial charge in [0, 0.05) is 42.9 Å². The maximum Gasteiger partial charge on any atom is 0.232 e. The van der Waals surface area contributed by atoms with Gasteiger partial charge in [0.2, 0.25) is 10.0 Å². The quantitative estimate of drug-likeness (QED) is 0.358. The molecule has 35 heavy (non-hydrogen) atoms. The summed E-state index contributed by atoms with van der Waals surface area (Å²) in [5.74, 6) is 1.22. The molecule has 0 unspecified atom stereocenters. The molecule has 0 radical (unpaired) electrons. The number of nitrogens with one attached hydrogen (secondary N) is 1. The Morgan fingerprint density at radius 3 is 2.77 bits per heavy atom. The third kappa shape index (κ3) is 5.07. The van der Waals surface area contributed by atoms with E-state index in [0.29, 0.717) is 62.0 Å². The van der Waals surface area contributed by atoms with Gasteiger partial charge in [-0.2, -0.15) is 0 Å². The molecule has 0 saturated carbocycles. The molecular weight excluding hydrogens is 468 g/mol. The van der Waals surface area contributed by atoms with E-state index >= 15 is 0 Å². The standard InChI is InChI=1S/C26H28N2O6S/c1-35(30,31)28-12-4-13-33-25-10-7-18(15-22(25)28)23(29)17-27-11-14-32-19-8-9-21-20-5-2-3-6-24(20)34-26(21)16-19/h2-3,5-10,15-16,23,27,29H,4,11-14,17H2,1H3/t23-/m0/s1. The largest absolute Gasteiger partial charge is 0.492 e. The van der Waals surface area contributed by atoms with Crippen LogP contribution in [0.15, 0.2) is 65.1 Å². The van der Waals surface area contributed by atoms with E-state index in [4.69, 9.17) is 13.9 Å². The molecule has 8 nitrogen and oxygen atoms in total. The normalized spacial score (nSPS) is 15.0. The monoisotopic (exact) mass is 496 g/mol. The first kappa shape index (κ1) is 23.5. The van der Waals surface area contributed by atoms with Crippen molar-refractivity contribution in [3.8, 4) is 11.5 Å². The van der Waals surface area contributed by atoms with Gasteiger partial charge in [-0.1, -0.05) is 24.3 Å². The minimum absolute atomic E-state index is 0.296. The van der Waals surface area contributed by atoms with Crippen molar-refractivity contribution in [1.29, 1.82) is 0 Å². The van der Waals surface area contributed by atoms with Gasteiger partial charge < -0.3 is 24.3 Å². The molecule has 1 aromatic heterocycles. The molecule has 0 fully saturated rings. The van der Waals surface area contributed by atoms with Crippen LogP contribution in [0.3, 0.4) is 0 Å². The number of furan rings is 1. The topological polar surface area (TPSA) is 101 Å². The second-order valence-corrected chi connectivity index (χ2v) is 10.5. The van der Waals surface area contributed by atoms with Crippen LogP contribution in [-0.2, 0) is 10.0 Å². The van der Waals surface area contributed by atoms with E-state index in [-0.39, 0.29) is 0 Å². The molecule has 0 spiro atoms. The molecule has 5 rings (SSSR count). The Kier molecular flexibility index (Phi) is 6.55. The van der Waals surface area contributed by atoms with Gasteiger partial charge in [0.1, 0.15) is 29.3 Å². The first-order valence-corrected chi connectivity index (χ1v) is 13.4. The molecule has 184 valence electrons. The number of fused-ring (bicyclic) bond motifs is 4. The molecule has 1 atom stereocenters. The summed E-state index contributed by atoms with van der Waals surface area (Å²) in [5.41, 5.74) is 2.71. The highest BCUT2D eigenvalue weighted by molar-refractivity contribution is 7.92. The van der Waals surface area contributed by atoms with Gasteiger partial charge >= 0.3 is 0 Å². The number of sulfonamides is 1. The zero-order chi connectivity index (χ0) is 24.4. The average molecular weight is 497 g/mol. The fraction of sp³-hybridized carbons (Fsp3) is 0.308. The smallest absolute Gasteiger partial charge is 0.232 e. The lowest BCUT2D eigenvalue weighted by molar-refractivity contribution is 0.172. The summed E-state index contributed by atoms with van der Waals surface area (Å²) >= 11 is 0. The molecule has 0 saturated heterocycles. The maximum absolute atomic E-state index is 12.2. The summed E-state index contributed by atoms with van der Waals surface area (Å²) in [6, 6.07) is 18.9. The maximum atomic E-state index is 12.2. The van der Waals surface area contributed by atoms with E-state index in [1.807, 2.05) is 42.5 Å². The van der Waals surface area contributed by atoms with Crippen LogP contribution in [0.4, 0.5) is 5.69 Å². The lowest BCUT2D eigenvalue weighted by Crippen LogP contribution is -2.30. The first-order valence-electron chi connectivity index (χ1n) is 11.6. The third-order valence-corrected chi connectivity index (χ3v) is 7.22. The van der Waals surface area contributed by atoms with E-state index < -0.39 is 16.1 Å². The molecule has 2 heterocycles. The van der Waals surface area contributed by atoms with Crippen LogP contribution in [0.1, 0.15) is 18.1 Å². The van der Waals surface area contributed by atoms with Crippen molar-refractivity contribution in [3.05, 3.63) is 66.2 Å². The lowest BCUT2D eigenvalue weighted by Gasteiger charge is -2.23. The van der Waals surface area contributed by atoms with E-state index in [2.05, 4.69) is 5.32 Å². The van der Waals surface area contributed by atoms with Gasteiger partial charge in [0.15, 0.2) is 0 Å². The van der Waals surface area contributed by atoms with Crippen LogP contribution in [0.25, 0.3) is 21.9 Å². The number of anilines is 1. The highest BCUT2D eigenvalue weighted by Gasteiger charge is 2.25. The first-order chi connectivity index (χ1) is 16.9. The number of rotatable bonds is 8. The van der Waals surface area contributed by atoms with Crippen LogP contribution < -0.4 is 19.1 Å². The molecule has 2 N–H and O–H groups in total. The fourth-order valence-electron chi connectivity index (χ4n) is 4.31. The fourth-order valence-corrected chi connectivity index (χ4v) is 5.27.